The Balaban J connectivity index is 1.56. The van der Waals surface area contributed by atoms with E-state index in [2.05, 4.69) is 5.16 Å². The number of hydrogen-bond donors (Lipinski definition) is 1. The standard InChI is InChI=1S/C18H18N2O5/c21-16(15-8-14(19-25-15)12-4-2-1-3-5-12)20-9-13-10-24-7-6-18(13,11-20)17(22)23/h1-5,8,13H,6-7,9-11H2,(H,22,23)/t13-,18+/m0/s1. The van der Waals surface area contributed by atoms with Gasteiger partial charge in [0, 0.05) is 37.2 Å². The van der Waals surface area contributed by atoms with Crippen LogP contribution in [0.25, 0.3) is 11.3 Å². The lowest BCUT2D eigenvalue weighted by atomic mass is 9.74. The largest absolute Gasteiger partial charge is 0.481 e. The molecule has 0 bridgehead atoms. The number of likely N-dealkylation sites (tertiary alicyclic amines) is 1. The molecule has 7 heteroatoms. The molecule has 7 nitrogen and oxygen atoms in total. The van der Waals surface area contributed by atoms with Gasteiger partial charge in [-0.1, -0.05) is 35.5 Å². The molecule has 25 heavy (non-hydrogen) atoms. The molecular formula is C18H18N2O5. The molecule has 1 N–H and O–H groups in total. The van der Waals surface area contributed by atoms with Crippen LogP contribution in [0.4, 0.5) is 0 Å². The van der Waals surface area contributed by atoms with Crippen LogP contribution < -0.4 is 0 Å². The molecule has 1 aromatic carbocycles. The van der Waals surface area contributed by atoms with Gasteiger partial charge in [-0.05, 0) is 6.42 Å². The quantitative estimate of drug-likeness (QED) is 0.916. The van der Waals surface area contributed by atoms with Gasteiger partial charge in [0.25, 0.3) is 5.91 Å². The van der Waals surface area contributed by atoms with Crippen molar-refractivity contribution < 1.29 is 24.0 Å². The summed E-state index contributed by atoms with van der Waals surface area (Å²) in [4.78, 5) is 26.1. The first-order valence-corrected chi connectivity index (χ1v) is 8.23. The van der Waals surface area contributed by atoms with Crippen molar-refractivity contribution >= 4 is 11.9 Å². The number of carbonyl (C=O) groups excluding carboxylic acids is 1. The fraction of sp³-hybridized carbons (Fsp3) is 0.389. The minimum absolute atomic E-state index is 0.124. The first kappa shape index (κ1) is 15.8. The minimum atomic E-state index is -0.920. The second-order valence-corrected chi connectivity index (χ2v) is 6.61. The van der Waals surface area contributed by atoms with Gasteiger partial charge in [-0.25, -0.2) is 0 Å². The highest BCUT2D eigenvalue weighted by molar-refractivity contribution is 5.93. The molecule has 2 aliphatic rings. The molecule has 1 aromatic heterocycles. The van der Waals surface area contributed by atoms with Crippen LogP contribution in [0.3, 0.4) is 0 Å². The van der Waals surface area contributed by atoms with Crippen molar-refractivity contribution in [2.24, 2.45) is 11.3 Å². The minimum Gasteiger partial charge on any atom is -0.481 e. The summed E-state index contributed by atoms with van der Waals surface area (Å²) in [5.74, 6) is -1.26. The molecule has 3 heterocycles. The van der Waals surface area contributed by atoms with E-state index < -0.39 is 11.4 Å². The van der Waals surface area contributed by atoms with Crippen molar-refractivity contribution in [2.45, 2.75) is 6.42 Å². The summed E-state index contributed by atoms with van der Waals surface area (Å²) in [6.07, 6.45) is 0.419. The highest BCUT2D eigenvalue weighted by atomic mass is 16.5. The summed E-state index contributed by atoms with van der Waals surface area (Å²) in [6.45, 7) is 1.30. The fourth-order valence-electron chi connectivity index (χ4n) is 3.73. The van der Waals surface area contributed by atoms with E-state index in [9.17, 15) is 14.7 Å². The van der Waals surface area contributed by atoms with Crippen LogP contribution in [0.1, 0.15) is 17.0 Å². The van der Waals surface area contributed by atoms with Gasteiger partial charge in [0.05, 0.1) is 12.0 Å². The van der Waals surface area contributed by atoms with Gasteiger partial charge in [0.1, 0.15) is 5.69 Å². The molecule has 130 valence electrons. The number of carbonyl (C=O) groups is 2. The topological polar surface area (TPSA) is 92.9 Å². The molecule has 2 saturated heterocycles. The van der Waals surface area contributed by atoms with Crippen molar-refractivity contribution in [3.63, 3.8) is 0 Å². The summed E-state index contributed by atoms with van der Waals surface area (Å²) in [5.41, 5.74) is 0.517. The molecule has 0 saturated carbocycles. The number of nitrogens with zero attached hydrogens (tertiary/aromatic N) is 2. The van der Waals surface area contributed by atoms with E-state index in [0.717, 1.165) is 5.56 Å². The zero-order chi connectivity index (χ0) is 17.4. The second kappa shape index (κ2) is 6.00. The maximum atomic E-state index is 12.8. The average Bonchev–Trinajstić information content (AvgIpc) is 3.27. The zero-order valence-electron chi connectivity index (χ0n) is 13.6. The van der Waals surface area contributed by atoms with E-state index in [0.29, 0.717) is 31.9 Å². The van der Waals surface area contributed by atoms with Crippen molar-refractivity contribution in [3.05, 3.63) is 42.2 Å². The molecule has 4 rings (SSSR count). The smallest absolute Gasteiger partial charge is 0.311 e. The van der Waals surface area contributed by atoms with E-state index in [4.69, 9.17) is 9.26 Å². The Kier molecular flexibility index (Phi) is 3.80. The predicted octanol–water partition coefficient (Wildman–Crippen LogP) is 1.90. The van der Waals surface area contributed by atoms with Crippen LogP contribution in [-0.2, 0) is 9.53 Å². The Morgan fingerprint density at radius 2 is 2.08 bits per heavy atom. The van der Waals surface area contributed by atoms with E-state index in [1.165, 1.54) is 0 Å². The Morgan fingerprint density at radius 1 is 1.28 bits per heavy atom. The summed E-state index contributed by atoms with van der Waals surface area (Å²) in [5, 5.41) is 13.7. The number of ether oxygens (including phenoxy) is 1. The number of rotatable bonds is 3. The Labute approximate surface area is 144 Å². The normalized spacial score (nSPS) is 25.6. The summed E-state index contributed by atoms with van der Waals surface area (Å²) >= 11 is 0. The average molecular weight is 342 g/mol. The maximum absolute atomic E-state index is 12.8. The molecule has 0 radical (unpaired) electrons. The lowest BCUT2D eigenvalue weighted by molar-refractivity contribution is -0.157. The lowest BCUT2D eigenvalue weighted by Gasteiger charge is -2.33. The van der Waals surface area contributed by atoms with E-state index in [1.807, 2.05) is 30.3 Å². The van der Waals surface area contributed by atoms with Crippen molar-refractivity contribution in [3.8, 4) is 11.3 Å². The third-order valence-electron chi connectivity index (χ3n) is 5.21. The third-order valence-corrected chi connectivity index (χ3v) is 5.21. The van der Waals surface area contributed by atoms with E-state index in [1.54, 1.807) is 11.0 Å². The number of aliphatic carboxylic acids is 1. The van der Waals surface area contributed by atoms with Gasteiger partial charge < -0.3 is 19.3 Å². The van der Waals surface area contributed by atoms with Crippen molar-refractivity contribution in [1.29, 1.82) is 0 Å². The van der Waals surface area contributed by atoms with Gasteiger partial charge >= 0.3 is 5.97 Å². The number of carboxylic acid groups (broad SMARTS) is 1. The molecule has 2 aromatic rings. The van der Waals surface area contributed by atoms with Crippen LogP contribution in [0.2, 0.25) is 0 Å². The van der Waals surface area contributed by atoms with Gasteiger partial charge in [-0.15, -0.1) is 0 Å². The van der Waals surface area contributed by atoms with Gasteiger partial charge in [0.15, 0.2) is 0 Å². The Bertz CT molecular complexity index is 803. The first-order chi connectivity index (χ1) is 12.1. The van der Waals surface area contributed by atoms with Gasteiger partial charge in [0.2, 0.25) is 5.76 Å². The van der Waals surface area contributed by atoms with E-state index >= 15 is 0 Å². The van der Waals surface area contributed by atoms with Crippen molar-refractivity contribution in [2.75, 3.05) is 26.3 Å². The molecule has 1 amide bonds. The number of amides is 1. The molecular weight excluding hydrogens is 324 g/mol. The number of fused-ring (bicyclic) bond motifs is 1. The van der Waals surface area contributed by atoms with Gasteiger partial charge in [-0.3, -0.25) is 9.59 Å². The number of carboxylic acids is 1. The summed E-state index contributed by atoms with van der Waals surface area (Å²) in [7, 11) is 0. The third kappa shape index (κ3) is 2.60. The molecule has 2 aliphatic heterocycles. The number of benzene rings is 1. The number of aromatic nitrogens is 1. The SMILES string of the molecule is O=C(c1cc(-c2ccccc2)no1)N1C[C@H]2COCC[C@@]2(C(=O)O)C1. The van der Waals surface area contributed by atoms with Crippen molar-refractivity contribution in [1.82, 2.24) is 10.1 Å². The van der Waals surface area contributed by atoms with E-state index in [-0.39, 0.29) is 24.1 Å². The van der Waals surface area contributed by atoms with Crippen LogP contribution in [0.5, 0.6) is 0 Å². The Hall–Kier alpha value is -2.67. The molecule has 2 fully saturated rings. The summed E-state index contributed by atoms with van der Waals surface area (Å²) < 4.78 is 10.6. The van der Waals surface area contributed by atoms with Crippen LogP contribution in [0, 0.1) is 11.3 Å². The van der Waals surface area contributed by atoms with Crippen LogP contribution in [-0.4, -0.2) is 53.3 Å². The molecule has 0 aliphatic carbocycles. The van der Waals surface area contributed by atoms with Crippen LogP contribution >= 0.6 is 0 Å². The molecule has 0 unspecified atom stereocenters. The maximum Gasteiger partial charge on any atom is 0.311 e. The highest BCUT2D eigenvalue weighted by Crippen LogP contribution is 2.42. The highest BCUT2D eigenvalue weighted by Gasteiger charge is 2.55. The lowest BCUT2D eigenvalue weighted by Crippen LogP contribution is -2.45. The fourth-order valence-corrected chi connectivity index (χ4v) is 3.73. The monoisotopic (exact) mass is 342 g/mol. The van der Waals surface area contributed by atoms with Gasteiger partial charge in [-0.2, -0.15) is 0 Å². The molecule has 0 spiro atoms. The predicted molar refractivity (Wildman–Crippen MR) is 86.8 cm³/mol. The number of hydrogen-bond acceptors (Lipinski definition) is 5. The zero-order valence-corrected chi connectivity index (χ0v) is 13.6. The molecule has 2 atom stereocenters. The Morgan fingerprint density at radius 3 is 2.80 bits per heavy atom. The van der Waals surface area contributed by atoms with Crippen LogP contribution in [0.15, 0.2) is 40.9 Å². The summed E-state index contributed by atoms with van der Waals surface area (Å²) in [6, 6.07) is 11.0. The first-order valence-electron chi connectivity index (χ1n) is 8.23. The second-order valence-electron chi connectivity index (χ2n) is 6.61.